The molecular weight excluding hydrogens is 1310 g/mol. The minimum Gasteiger partial charge on any atom is -0.462 e. The highest BCUT2D eigenvalue weighted by Crippen LogP contribution is 2.45. The second-order valence-corrected chi connectivity index (χ2v) is 30.6. The fourth-order valence-corrected chi connectivity index (χ4v) is 13.1. The Labute approximate surface area is 610 Å². The number of esters is 4. The number of unbranched alkanes of at least 4 members (excludes halogenated alkanes) is 44. The fraction of sp³-hybridized carbons (Fsp3) is 0.852. The van der Waals surface area contributed by atoms with Crippen molar-refractivity contribution >= 4 is 39.5 Å². The summed E-state index contributed by atoms with van der Waals surface area (Å²) in [5, 5.41) is 10.6. The Morgan fingerprint density at radius 1 is 0.280 bits per heavy atom. The van der Waals surface area contributed by atoms with E-state index in [4.69, 9.17) is 37.0 Å². The summed E-state index contributed by atoms with van der Waals surface area (Å²) in [6.45, 7) is 4.88. The molecule has 5 atom stereocenters. The molecule has 0 heterocycles. The van der Waals surface area contributed by atoms with Crippen LogP contribution in [0.5, 0.6) is 0 Å². The second kappa shape index (κ2) is 74.3. The average molecular weight is 1460 g/mol. The Bertz CT molecular complexity index is 2080. The number of hydrogen-bond donors (Lipinski definition) is 3. The van der Waals surface area contributed by atoms with Gasteiger partial charge in [0.25, 0.3) is 0 Å². The highest BCUT2D eigenvalue weighted by molar-refractivity contribution is 7.47. The first-order valence-electron chi connectivity index (χ1n) is 40.9. The van der Waals surface area contributed by atoms with Crippen molar-refractivity contribution < 1.29 is 80.2 Å². The standard InChI is InChI=1S/C81H150O17P2/c1-5-9-13-17-21-25-29-33-35-37-39-43-46-50-54-58-62-66-79(84)92-72-77(98-81(86)68-64-60-56-52-48-44-40-38-36-34-30-26-22-18-14-10-6-2)74-96-100(89,90)94-70-75(82)69-93-99(87,88)95-73-76(97-80(85)67-63-59-55-51-47-42-32-28-24-20-16-12-8-4)71-91-78(83)65-61-57-53-49-45-41-31-27-23-19-15-11-7-3/h22,26,34,36,40,44,52,56,75-77,82H,5-21,23-25,27-33,35,37-39,41-43,45-51,53-55,57-74H2,1-4H3,(H,87,88)(H,89,90)/b26-22-,36-34-,44-40-,56-52-/t75-,76-,77-/m1/s1. The number of phosphoric ester groups is 2. The largest absolute Gasteiger partial charge is 0.472 e. The zero-order valence-electron chi connectivity index (χ0n) is 64.1. The van der Waals surface area contributed by atoms with Gasteiger partial charge in [-0.15, -0.1) is 0 Å². The highest BCUT2D eigenvalue weighted by Gasteiger charge is 2.30. The van der Waals surface area contributed by atoms with Crippen LogP contribution in [0.25, 0.3) is 0 Å². The molecule has 17 nitrogen and oxygen atoms in total. The molecule has 0 aliphatic carbocycles. The van der Waals surface area contributed by atoms with Crippen molar-refractivity contribution in [2.45, 2.75) is 406 Å². The van der Waals surface area contributed by atoms with Gasteiger partial charge in [-0.25, -0.2) is 9.13 Å². The van der Waals surface area contributed by atoms with Gasteiger partial charge in [0.05, 0.1) is 26.4 Å². The molecule has 0 saturated heterocycles. The molecule has 0 aromatic rings. The van der Waals surface area contributed by atoms with Crippen LogP contribution in [-0.2, 0) is 65.4 Å². The molecule has 0 fully saturated rings. The van der Waals surface area contributed by atoms with Crippen LogP contribution in [0.2, 0.25) is 0 Å². The van der Waals surface area contributed by atoms with Crippen molar-refractivity contribution in [1.82, 2.24) is 0 Å². The Morgan fingerprint density at radius 3 is 0.790 bits per heavy atom. The maximum absolute atomic E-state index is 13.1. The van der Waals surface area contributed by atoms with Gasteiger partial charge in [-0.05, 0) is 64.2 Å². The predicted octanol–water partition coefficient (Wildman–Crippen LogP) is 23.7. The molecule has 3 N–H and O–H groups in total. The Balaban J connectivity index is 5.34. The molecule has 100 heavy (non-hydrogen) atoms. The van der Waals surface area contributed by atoms with E-state index in [9.17, 15) is 43.2 Å². The van der Waals surface area contributed by atoms with Crippen molar-refractivity contribution in [2.24, 2.45) is 0 Å². The summed E-state index contributed by atoms with van der Waals surface area (Å²) < 4.78 is 68.6. The molecule has 0 aromatic heterocycles. The lowest BCUT2D eigenvalue weighted by molar-refractivity contribution is -0.161. The first-order valence-corrected chi connectivity index (χ1v) is 43.9. The number of aliphatic hydroxyl groups is 1. The third-order valence-electron chi connectivity index (χ3n) is 17.8. The van der Waals surface area contributed by atoms with Gasteiger partial charge in [-0.2, -0.15) is 0 Å². The molecule has 19 heteroatoms. The summed E-state index contributed by atoms with van der Waals surface area (Å²) in [5.74, 6) is -2.19. The minimum absolute atomic E-state index is 0.0258. The number of allylic oxidation sites excluding steroid dienone is 8. The molecule has 0 saturated carbocycles. The lowest BCUT2D eigenvalue weighted by atomic mass is 10.0. The number of carbonyl (C=O) groups excluding carboxylic acids is 4. The van der Waals surface area contributed by atoms with Crippen molar-refractivity contribution in [1.29, 1.82) is 0 Å². The van der Waals surface area contributed by atoms with Crippen molar-refractivity contribution in [3.05, 3.63) is 48.6 Å². The van der Waals surface area contributed by atoms with Crippen LogP contribution in [0, 0.1) is 0 Å². The number of carbonyl (C=O) groups is 4. The van der Waals surface area contributed by atoms with Gasteiger partial charge in [0.1, 0.15) is 19.3 Å². The Morgan fingerprint density at radius 2 is 0.500 bits per heavy atom. The summed E-state index contributed by atoms with van der Waals surface area (Å²) in [6, 6.07) is 0. The summed E-state index contributed by atoms with van der Waals surface area (Å²) in [5.41, 5.74) is 0. The first-order chi connectivity index (χ1) is 48.7. The van der Waals surface area contributed by atoms with Crippen molar-refractivity contribution in [3.8, 4) is 0 Å². The lowest BCUT2D eigenvalue weighted by Gasteiger charge is -2.21. The zero-order chi connectivity index (χ0) is 73.2. The van der Waals surface area contributed by atoms with Crippen molar-refractivity contribution in [3.63, 3.8) is 0 Å². The quantitative estimate of drug-likeness (QED) is 0.0169. The van der Waals surface area contributed by atoms with Crippen LogP contribution >= 0.6 is 15.6 Å². The molecule has 2 unspecified atom stereocenters. The molecule has 586 valence electrons. The van der Waals surface area contributed by atoms with Gasteiger partial charge in [0, 0.05) is 25.7 Å². The summed E-state index contributed by atoms with van der Waals surface area (Å²) in [6.07, 6.45) is 72.3. The summed E-state index contributed by atoms with van der Waals surface area (Å²) in [7, 11) is -9.95. The van der Waals surface area contributed by atoms with Gasteiger partial charge in [-0.3, -0.25) is 37.3 Å². The van der Waals surface area contributed by atoms with Crippen LogP contribution in [0.15, 0.2) is 48.6 Å². The summed E-state index contributed by atoms with van der Waals surface area (Å²) in [4.78, 5) is 73.0. The third kappa shape index (κ3) is 73.3. The second-order valence-electron chi connectivity index (χ2n) is 27.7. The van der Waals surface area contributed by atoms with E-state index >= 15 is 0 Å². The Hall–Kier alpha value is -2.98. The normalized spacial score (nSPS) is 14.1. The molecule has 0 amide bonds. The zero-order valence-corrected chi connectivity index (χ0v) is 65.9. The maximum atomic E-state index is 13.1. The van der Waals surface area contributed by atoms with Crippen molar-refractivity contribution in [2.75, 3.05) is 39.6 Å². The number of aliphatic hydroxyl groups excluding tert-OH is 1. The molecular formula is C81H150O17P2. The Kier molecular flexibility index (Phi) is 72.1. The van der Waals surface area contributed by atoms with E-state index in [1.807, 2.05) is 12.2 Å². The average Bonchev–Trinajstić information content (AvgIpc) is 0.939. The van der Waals surface area contributed by atoms with Crippen LogP contribution in [0.4, 0.5) is 0 Å². The topological polar surface area (TPSA) is 237 Å². The number of ether oxygens (including phenoxy) is 4. The van der Waals surface area contributed by atoms with Gasteiger partial charge in [0.2, 0.25) is 0 Å². The molecule has 0 aromatic carbocycles. The van der Waals surface area contributed by atoms with E-state index < -0.39 is 97.5 Å². The van der Waals surface area contributed by atoms with Gasteiger partial charge in [-0.1, -0.05) is 346 Å². The monoisotopic (exact) mass is 1460 g/mol. The van der Waals surface area contributed by atoms with E-state index in [2.05, 4.69) is 64.2 Å². The fourth-order valence-electron chi connectivity index (χ4n) is 11.6. The SMILES string of the molecule is CCCCC/C=C\C/C=C\C/C=C\C/C=C\CCCC(=O)O[C@H](COC(=O)CCCCCCCCCCCCCCCCCCC)COP(=O)(O)OC[C@H](O)COP(=O)(O)OC[C@@H](COC(=O)CCCCCCCCCCCCCCC)OC(=O)CCCCCCCCCCCCCCC. The maximum Gasteiger partial charge on any atom is 0.472 e. The van der Waals surface area contributed by atoms with E-state index in [1.165, 1.54) is 212 Å². The van der Waals surface area contributed by atoms with Gasteiger partial charge < -0.3 is 33.8 Å². The van der Waals surface area contributed by atoms with Crippen LogP contribution in [-0.4, -0.2) is 96.7 Å². The predicted molar refractivity (Wildman–Crippen MR) is 409 cm³/mol. The third-order valence-corrected chi connectivity index (χ3v) is 19.7. The van der Waals surface area contributed by atoms with E-state index in [0.717, 1.165) is 89.9 Å². The smallest absolute Gasteiger partial charge is 0.462 e. The van der Waals surface area contributed by atoms with Crippen LogP contribution in [0.1, 0.15) is 387 Å². The molecule has 0 spiro atoms. The van der Waals surface area contributed by atoms with E-state index in [1.54, 1.807) is 0 Å². The number of rotatable bonds is 78. The lowest BCUT2D eigenvalue weighted by Crippen LogP contribution is -2.30. The molecule has 0 aliphatic heterocycles. The van der Waals surface area contributed by atoms with E-state index in [0.29, 0.717) is 32.1 Å². The van der Waals surface area contributed by atoms with Crippen LogP contribution in [0.3, 0.4) is 0 Å². The van der Waals surface area contributed by atoms with Gasteiger partial charge in [0.15, 0.2) is 12.2 Å². The molecule has 0 rings (SSSR count). The number of hydrogen-bond acceptors (Lipinski definition) is 15. The highest BCUT2D eigenvalue weighted by atomic mass is 31.2. The number of phosphoric acid groups is 2. The molecule has 0 aliphatic rings. The minimum atomic E-state index is -4.98. The van der Waals surface area contributed by atoms with Gasteiger partial charge >= 0.3 is 39.5 Å². The van der Waals surface area contributed by atoms with Crippen LogP contribution < -0.4 is 0 Å². The molecule has 0 radical (unpaired) electrons. The first kappa shape index (κ1) is 97.0. The summed E-state index contributed by atoms with van der Waals surface area (Å²) >= 11 is 0. The van der Waals surface area contributed by atoms with E-state index in [-0.39, 0.29) is 25.7 Å². The molecule has 0 bridgehead atoms.